The van der Waals surface area contributed by atoms with Gasteiger partial charge < -0.3 is 14.5 Å². The van der Waals surface area contributed by atoms with Gasteiger partial charge in [0.2, 0.25) is 0 Å². The highest BCUT2D eigenvalue weighted by Crippen LogP contribution is 2.27. The molecule has 1 atom stereocenters. The lowest BCUT2D eigenvalue weighted by molar-refractivity contribution is 0.340. The molecule has 0 saturated carbocycles. The first kappa shape index (κ1) is 13.7. The lowest BCUT2D eigenvalue weighted by atomic mass is 9.99. The van der Waals surface area contributed by atoms with Crippen molar-refractivity contribution in [3.05, 3.63) is 53.5 Å². The predicted molar refractivity (Wildman–Crippen MR) is 76.6 cm³/mol. The van der Waals surface area contributed by atoms with Gasteiger partial charge in [-0.1, -0.05) is 19.1 Å². The minimum atomic E-state index is 0.166. The maximum atomic E-state index is 5.48. The highest BCUT2D eigenvalue weighted by molar-refractivity contribution is 5.36. The van der Waals surface area contributed by atoms with E-state index in [1.807, 2.05) is 32.0 Å². The Morgan fingerprint density at radius 1 is 1.16 bits per heavy atom. The number of furan rings is 1. The van der Waals surface area contributed by atoms with Crippen LogP contribution in [-0.4, -0.2) is 13.2 Å². The maximum absolute atomic E-state index is 5.48. The van der Waals surface area contributed by atoms with Crippen molar-refractivity contribution < 1.29 is 9.15 Å². The Balaban J connectivity index is 2.26. The molecule has 1 N–H and O–H groups in total. The van der Waals surface area contributed by atoms with E-state index in [1.165, 1.54) is 11.1 Å². The molecule has 0 aliphatic heterocycles. The molecule has 3 heteroatoms. The first-order chi connectivity index (χ1) is 9.26. The van der Waals surface area contributed by atoms with Crippen LogP contribution >= 0.6 is 0 Å². The van der Waals surface area contributed by atoms with Crippen LogP contribution in [0.2, 0.25) is 0 Å². The number of benzene rings is 1. The predicted octanol–water partition coefficient (Wildman–Crippen LogP) is 3.69. The van der Waals surface area contributed by atoms with Crippen LogP contribution in [-0.2, 0) is 0 Å². The zero-order valence-corrected chi connectivity index (χ0v) is 11.8. The second-order valence-electron chi connectivity index (χ2n) is 4.42. The number of hydrogen-bond donors (Lipinski definition) is 1. The highest BCUT2D eigenvalue weighted by Gasteiger charge is 2.16. The smallest absolute Gasteiger partial charge is 0.119 e. The molecule has 19 heavy (non-hydrogen) atoms. The van der Waals surface area contributed by atoms with Crippen molar-refractivity contribution in [2.75, 3.05) is 13.2 Å². The zero-order valence-electron chi connectivity index (χ0n) is 11.8. The second-order valence-corrected chi connectivity index (χ2v) is 4.42. The Bertz CT molecular complexity index is 502. The molecule has 0 radical (unpaired) electrons. The topological polar surface area (TPSA) is 34.4 Å². The van der Waals surface area contributed by atoms with E-state index in [2.05, 4.69) is 24.4 Å². The lowest BCUT2D eigenvalue weighted by Gasteiger charge is -2.18. The summed E-state index contributed by atoms with van der Waals surface area (Å²) < 4.78 is 10.9. The molecule has 1 aromatic heterocycles. The Labute approximate surface area is 114 Å². The van der Waals surface area contributed by atoms with Crippen molar-refractivity contribution in [1.82, 2.24) is 5.32 Å². The minimum absolute atomic E-state index is 0.166. The highest BCUT2D eigenvalue weighted by atomic mass is 16.5. The molecule has 0 spiro atoms. The Kier molecular flexibility index (Phi) is 4.63. The van der Waals surface area contributed by atoms with E-state index in [0.29, 0.717) is 6.61 Å². The van der Waals surface area contributed by atoms with E-state index in [-0.39, 0.29) is 6.04 Å². The fraction of sp³-hybridized carbons (Fsp3) is 0.375. The molecule has 0 fully saturated rings. The monoisotopic (exact) mass is 259 g/mol. The Hall–Kier alpha value is -1.74. The molecule has 1 heterocycles. The molecule has 2 aromatic rings. The quantitative estimate of drug-likeness (QED) is 0.859. The minimum Gasteiger partial charge on any atom is -0.494 e. The van der Waals surface area contributed by atoms with Crippen molar-refractivity contribution in [3.63, 3.8) is 0 Å². The van der Waals surface area contributed by atoms with E-state index in [9.17, 15) is 0 Å². The summed E-state index contributed by atoms with van der Waals surface area (Å²) in [6, 6.07) is 10.4. The molecule has 3 nitrogen and oxygen atoms in total. The molecule has 1 aromatic carbocycles. The van der Waals surface area contributed by atoms with Gasteiger partial charge in [0.25, 0.3) is 0 Å². The molecular formula is C16H21NO2. The van der Waals surface area contributed by atoms with Crippen molar-refractivity contribution in [2.45, 2.75) is 26.8 Å². The number of ether oxygens (including phenoxy) is 1. The van der Waals surface area contributed by atoms with E-state index in [0.717, 1.165) is 18.1 Å². The van der Waals surface area contributed by atoms with Crippen LogP contribution in [0.3, 0.4) is 0 Å². The van der Waals surface area contributed by atoms with Crippen LogP contribution in [0.5, 0.6) is 5.75 Å². The second kappa shape index (κ2) is 6.43. The maximum Gasteiger partial charge on any atom is 0.119 e. The number of nitrogens with one attached hydrogen (secondary N) is 1. The van der Waals surface area contributed by atoms with Gasteiger partial charge in [-0.2, -0.15) is 0 Å². The van der Waals surface area contributed by atoms with Gasteiger partial charge in [0.1, 0.15) is 11.5 Å². The standard InChI is InChI=1S/C16H21NO2/c1-4-17-16(15-10-11-19-12(15)3)13-6-8-14(9-7-13)18-5-2/h6-11,16-17H,4-5H2,1-3H3. The van der Waals surface area contributed by atoms with E-state index < -0.39 is 0 Å². The summed E-state index contributed by atoms with van der Waals surface area (Å²) in [5, 5.41) is 3.49. The fourth-order valence-corrected chi connectivity index (χ4v) is 2.23. The van der Waals surface area contributed by atoms with Crippen LogP contribution in [0.1, 0.15) is 36.8 Å². The third-order valence-corrected chi connectivity index (χ3v) is 3.14. The van der Waals surface area contributed by atoms with Gasteiger partial charge in [0.15, 0.2) is 0 Å². The Morgan fingerprint density at radius 2 is 1.89 bits per heavy atom. The van der Waals surface area contributed by atoms with Gasteiger partial charge in [-0.05, 0) is 44.2 Å². The molecule has 2 rings (SSSR count). The van der Waals surface area contributed by atoms with Gasteiger partial charge in [0.05, 0.1) is 18.9 Å². The van der Waals surface area contributed by atoms with E-state index in [4.69, 9.17) is 9.15 Å². The average Bonchev–Trinajstić information content (AvgIpc) is 2.84. The third kappa shape index (κ3) is 3.18. The molecule has 1 unspecified atom stereocenters. The molecule has 0 amide bonds. The molecule has 0 aliphatic carbocycles. The summed E-state index contributed by atoms with van der Waals surface area (Å²) in [4.78, 5) is 0. The lowest BCUT2D eigenvalue weighted by Crippen LogP contribution is -2.22. The number of hydrogen-bond acceptors (Lipinski definition) is 3. The summed E-state index contributed by atoms with van der Waals surface area (Å²) in [5.41, 5.74) is 2.40. The summed E-state index contributed by atoms with van der Waals surface area (Å²) in [6.45, 7) is 7.69. The summed E-state index contributed by atoms with van der Waals surface area (Å²) >= 11 is 0. The fourth-order valence-electron chi connectivity index (χ4n) is 2.23. The average molecular weight is 259 g/mol. The van der Waals surface area contributed by atoms with Crippen LogP contribution in [0, 0.1) is 6.92 Å². The SMILES string of the molecule is CCNC(c1ccc(OCC)cc1)c1ccoc1C. The van der Waals surface area contributed by atoms with Gasteiger partial charge in [-0.15, -0.1) is 0 Å². The van der Waals surface area contributed by atoms with Crippen LogP contribution < -0.4 is 10.1 Å². The molecular weight excluding hydrogens is 238 g/mol. The largest absolute Gasteiger partial charge is 0.494 e. The molecule has 0 saturated heterocycles. The Morgan fingerprint density at radius 3 is 2.42 bits per heavy atom. The van der Waals surface area contributed by atoms with Crippen LogP contribution in [0.4, 0.5) is 0 Å². The van der Waals surface area contributed by atoms with Gasteiger partial charge in [0, 0.05) is 5.56 Å². The first-order valence-corrected chi connectivity index (χ1v) is 6.76. The molecule has 102 valence electrons. The van der Waals surface area contributed by atoms with Crippen molar-refractivity contribution in [3.8, 4) is 5.75 Å². The third-order valence-electron chi connectivity index (χ3n) is 3.14. The van der Waals surface area contributed by atoms with Crippen molar-refractivity contribution >= 4 is 0 Å². The van der Waals surface area contributed by atoms with E-state index in [1.54, 1.807) is 6.26 Å². The van der Waals surface area contributed by atoms with Crippen LogP contribution in [0.25, 0.3) is 0 Å². The van der Waals surface area contributed by atoms with Gasteiger partial charge >= 0.3 is 0 Å². The number of rotatable bonds is 6. The number of aryl methyl sites for hydroxylation is 1. The molecule has 0 aliphatic rings. The summed E-state index contributed by atoms with van der Waals surface area (Å²) in [6.07, 6.45) is 1.74. The first-order valence-electron chi connectivity index (χ1n) is 6.76. The van der Waals surface area contributed by atoms with Crippen molar-refractivity contribution in [2.24, 2.45) is 0 Å². The normalized spacial score (nSPS) is 12.4. The van der Waals surface area contributed by atoms with Crippen LogP contribution in [0.15, 0.2) is 41.0 Å². The molecule has 0 bridgehead atoms. The van der Waals surface area contributed by atoms with E-state index >= 15 is 0 Å². The summed E-state index contributed by atoms with van der Waals surface area (Å²) in [7, 11) is 0. The van der Waals surface area contributed by atoms with Crippen molar-refractivity contribution in [1.29, 1.82) is 0 Å². The summed E-state index contributed by atoms with van der Waals surface area (Å²) in [5.74, 6) is 1.87. The zero-order chi connectivity index (χ0) is 13.7. The van der Waals surface area contributed by atoms with Gasteiger partial charge in [-0.25, -0.2) is 0 Å². The van der Waals surface area contributed by atoms with Gasteiger partial charge in [-0.3, -0.25) is 0 Å².